The van der Waals surface area contributed by atoms with E-state index >= 15 is 0 Å². The Kier molecular flexibility index (Phi) is 4.30. The summed E-state index contributed by atoms with van der Waals surface area (Å²) in [5.41, 5.74) is -0.349. The van der Waals surface area contributed by atoms with Crippen LogP contribution in [0.15, 0.2) is 47.5 Å². The van der Waals surface area contributed by atoms with Gasteiger partial charge in [0.25, 0.3) is 11.8 Å². The lowest BCUT2D eigenvalue weighted by atomic mass is 10.1. The Morgan fingerprint density at radius 3 is 2.15 bits per heavy atom. The van der Waals surface area contributed by atoms with E-state index in [1.807, 2.05) is 0 Å². The van der Waals surface area contributed by atoms with Crippen molar-refractivity contribution in [3.05, 3.63) is 59.4 Å². The number of fused-ring (bicyclic) bond motifs is 1. The van der Waals surface area contributed by atoms with Gasteiger partial charge in [0, 0.05) is 20.3 Å². The highest BCUT2D eigenvalue weighted by atomic mass is 32.2. The molecule has 26 heavy (non-hydrogen) atoms. The number of nitrogens with zero attached hydrogens (tertiary/aromatic N) is 3. The molecule has 3 rings (SSSR count). The van der Waals surface area contributed by atoms with Crippen molar-refractivity contribution in [2.45, 2.75) is 4.90 Å². The van der Waals surface area contributed by atoms with Gasteiger partial charge < -0.3 is 4.84 Å². The maximum atomic E-state index is 12.4. The van der Waals surface area contributed by atoms with Crippen LogP contribution in [0.25, 0.3) is 0 Å². The zero-order valence-corrected chi connectivity index (χ0v) is 14.6. The Bertz CT molecular complexity index is 997. The number of sulfonamides is 1. The number of amides is 2. The molecule has 0 fully saturated rings. The minimum Gasteiger partial charge on any atom is -0.322 e. The molecule has 0 N–H and O–H groups in total. The first-order chi connectivity index (χ1) is 12.2. The average Bonchev–Trinajstić information content (AvgIpc) is 2.87. The first-order valence-electron chi connectivity index (χ1n) is 7.33. The van der Waals surface area contributed by atoms with Crippen molar-refractivity contribution in [2.24, 2.45) is 0 Å². The van der Waals surface area contributed by atoms with Gasteiger partial charge in [0.05, 0.1) is 11.1 Å². The van der Waals surface area contributed by atoms with Crippen molar-refractivity contribution in [3.63, 3.8) is 0 Å². The summed E-state index contributed by atoms with van der Waals surface area (Å²) >= 11 is 0. The van der Waals surface area contributed by atoms with E-state index in [1.165, 1.54) is 44.6 Å². The first-order valence-corrected chi connectivity index (χ1v) is 8.77. The number of hydrogen-bond donors (Lipinski definition) is 0. The molecule has 0 saturated carbocycles. The van der Waals surface area contributed by atoms with Crippen molar-refractivity contribution < 1.29 is 27.6 Å². The summed E-state index contributed by atoms with van der Waals surface area (Å²) in [6, 6.07) is 8.50. The highest BCUT2D eigenvalue weighted by molar-refractivity contribution is 7.89. The minimum atomic E-state index is -3.99. The molecule has 1 aliphatic rings. The van der Waals surface area contributed by atoms with E-state index < -0.39 is 38.4 Å². The van der Waals surface area contributed by atoms with Crippen LogP contribution in [0.5, 0.6) is 0 Å². The van der Waals surface area contributed by atoms with Crippen LogP contribution in [-0.4, -0.2) is 54.6 Å². The third-order valence-corrected chi connectivity index (χ3v) is 5.50. The monoisotopic (exact) mass is 375 g/mol. The smallest absolute Gasteiger partial charge is 0.322 e. The van der Waals surface area contributed by atoms with Crippen LogP contribution in [0.1, 0.15) is 31.2 Å². The van der Waals surface area contributed by atoms with E-state index in [-0.39, 0.29) is 11.1 Å². The van der Waals surface area contributed by atoms with Gasteiger partial charge >= 0.3 is 5.97 Å². The highest BCUT2D eigenvalue weighted by Gasteiger charge is 2.39. The summed E-state index contributed by atoms with van der Waals surface area (Å²) in [5, 5.41) is 0.299. The molecular weight excluding hydrogens is 362 g/mol. The van der Waals surface area contributed by atoms with Crippen molar-refractivity contribution in [3.8, 4) is 0 Å². The average molecular weight is 375 g/mol. The normalized spacial score (nSPS) is 13.9. The van der Waals surface area contributed by atoms with E-state index in [2.05, 4.69) is 4.98 Å². The second-order valence-electron chi connectivity index (χ2n) is 5.47. The lowest BCUT2D eigenvalue weighted by Crippen LogP contribution is -2.34. The molecule has 0 unspecified atom stereocenters. The van der Waals surface area contributed by atoms with Gasteiger partial charge in [-0.2, -0.15) is 0 Å². The first kappa shape index (κ1) is 17.7. The van der Waals surface area contributed by atoms with E-state index in [9.17, 15) is 22.8 Å². The highest BCUT2D eigenvalue weighted by Crippen LogP contribution is 2.24. The van der Waals surface area contributed by atoms with Crippen LogP contribution >= 0.6 is 0 Å². The molecule has 134 valence electrons. The van der Waals surface area contributed by atoms with Crippen molar-refractivity contribution in [1.29, 1.82) is 0 Å². The Morgan fingerprint density at radius 2 is 1.62 bits per heavy atom. The predicted octanol–water partition coefficient (Wildman–Crippen LogP) is 0.700. The molecule has 10 heteroatoms. The fraction of sp³-hybridized carbons (Fsp3) is 0.125. The summed E-state index contributed by atoms with van der Waals surface area (Å²) in [6.45, 7) is 0. The Morgan fingerprint density at radius 1 is 1.04 bits per heavy atom. The lowest BCUT2D eigenvalue weighted by molar-refractivity contribution is -0.0591. The number of carbonyl (C=O) groups excluding carboxylic acids is 3. The largest absolute Gasteiger partial charge is 0.383 e. The number of benzene rings is 1. The van der Waals surface area contributed by atoms with Gasteiger partial charge in [0.2, 0.25) is 10.0 Å². The number of imide groups is 1. The minimum absolute atomic E-state index is 0.0902. The summed E-state index contributed by atoms with van der Waals surface area (Å²) in [5.74, 6) is -2.86. The van der Waals surface area contributed by atoms with Crippen LogP contribution < -0.4 is 0 Å². The fourth-order valence-electron chi connectivity index (χ4n) is 2.32. The standard InChI is InChI=1S/C16H13N3O6S/c1-18(2)26(23,24)12-8-5-9-17-13(12)16(22)25-19-14(20)10-6-3-4-7-11(10)15(19)21/h3-9H,1-2H3. The van der Waals surface area contributed by atoms with E-state index in [4.69, 9.17) is 4.84 Å². The van der Waals surface area contributed by atoms with Crippen LogP contribution in [0, 0.1) is 0 Å². The van der Waals surface area contributed by atoms with Crippen molar-refractivity contribution in [1.82, 2.24) is 14.4 Å². The molecule has 9 nitrogen and oxygen atoms in total. The van der Waals surface area contributed by atoms with Gasteiger partial charge in [-0.05, 0) is 24.3 Å². The molecule has 0 atom stereocenters. The van der Waals surface area contributed by atoms with Crippen LogP contribution in [0.3, 0.4) is 0 Å². The third kappa shape index (κ3) is 2.74. The number of hydrogen-bond acceptors (Lipinski definition) is 7. The van der Waals surface area contributed by atoms with Gasteiger partial charge in [-0.1, -0.05) is 17.2 Å². The summed E-state index contributed by atoms with van der Waals surface area (Å²) in [6.07, 6.45) is 1.20. The molecule has 0 radical (unpaired) electrons. The topological polar surface area (TPSA) is 114 Å². The van der Waals surface area contributed by atoms with Crippen molar-refractivity contribution in [2.75, 3.05) is 14.1 Å². The maximum absolute atomic E-state index is 12.4. The Labute approximate surface area is 148 Å². The van der Waals surface area contributed by atoms with Gasteiger partial charge in [0.15, 0.2) is 5.69 Å². The maximum Gasteiger partial charge on any atom is 0.383 e. The molecule has 1 aromatic carbocycles. The summed E-state index contributed by atoms with van der Waals surface area (Å²) < 4.78 is 25.6. The van der Waals surface area contributed by atoms with Crippen LogP contribution in [0.4, 0.5) is 0 Å². The molecule has 2 heterocycles. The van der Waals surface area contributed by atoms with Crippen LogP contribution in [-0.2, 0) is 14.9 Å². The molecule has 1 aromatic heterocycles. The fourth-order valence-corrected chi connectivity index (χ4v) is 3.35. The van der Waals surface area contributed by atoms with Gasteiger partial charge in [-0.3, -0.25) is 9.59 Å². The number of pyridine rings is 1. The van der Waals surface area contributed by atoms with Crippen molar-refractivity contribution >= 4 is 27.8 Å². The van der Waals surface area contributed by atoms with E-state index in [0.29, 0.717) is 5.06 Å². The Hall–Kier alpha value is -3.11. The zero-order valence-electron chi connectivity index (χ0n) is 13.7. The second-order valence-corrected chi connectivity index (χ2v) is 7.59. The molecule has 0 aliphatic carbocycles. The molecular formula is C16H13N3O6S. The predicted molar refractivity (Wildman–Crippen MR) is 87.5 cm³/mol. The molecule has 0 saturated heterocycles. The van der Waals surface area contributed by atoms with Crippen LogP contribution in [0.2, 0.25) is 0 Å². The number of hydroxylamine groups is 2. The third-order valence-electron chi connectivity index (χ3n) is 3.65. The van der Waals surface area contributed by atoms with Gasteiger partial charge in [-0.25, -0.2) is 22.5 Å². The Balaban J connectivity index is 1.94. The lowest BCUT2D eigenvalue weighted by Gasteiger charge is -2.16. The molecule has 1 aliphatic heterocycles. The molecule has 2 amide bonds. The summed E-state index contributed by atoms with van der Waals surface area (Å²) in [7, 11) is -1.40. The quantitative estimate of drug-likeness (QED) is 0.723. The molecule has 2 aromatic rings. The van der Waals surface area contributed by atoms with E-state index in [1.54, 1.807) is 12.1 Å². The number of aromatic nitrogens is 1. The zero-order chi connectivity index (χ0) is 19.1. The number of carbonyl (C=O) groups is 3. The second kappa shape index (κ2) is 6.32. The molecule has 0 spiro atoms. The van der Waals surface area contributed by atoms with E-state index in [0.717, 1.165) is 4.31 Å². The van der Waals surface area contributed by atoms with Gasteiger partial charge in [-0.15, -0.1) is 0 Å². The SMILES string of the molecule is CN(C)S(=O)(=O)c1cccnc1C(=O)ON1C(=O)c2ccccc2C1=O. The summed E-state index contributed by atoms with van der Waals surface area (Å²) in [4.78, 5) is 45.1. The molecule has 0 bridgehead atoms. The number of rotatable bonds is 4. The van der Waals surface area contributed by atoms with Gasteiger partial charge in [0.1, 0.15) is 4.90 Å².